The van der Waals surface area contributed by atoms with Crippen molar-refractivity contribution in [1.29, 1.82) is 0 Å². The maximum atomic E-state index is 9.62. The van der Waals surface area contributed by atoms with E-state index in [0.717, 1.165) is 32.5 Å². The van der Waals surface area contributed by atoms with E-state index in [4.69, 9.17) is 0 Å². The molecule has 0 spiro atoms. The summed E-state index contributed by atoms with van der Waals surface area (Å²) in [5.74, 6) is 0.500. The Balaban J connectivity index is 1.94. The number of likely N-dealkylation sites (tertiary alicyclic amines) is 1. The monoisotopic (exact) mass is 247 g/mol. The van der Waals surface area contributed by atoms with Gasteiger partial charge in [0, 0.05) is 6.54 Å². The first-order chi connectivity index (χ1) is 8.58. The Hall–Kier alpha value is -0.860. The fourth-order valence-corrected chi connectivity index (χ4v) is 2.82. The van der Waals surface area contributed by atoms with Gasteiger partial charge >= 0.3 is 0 Å². The molecular formula is C16H25NO. The molecule has 1 fully saturated rings. The number of rotatable bonds is 3. The van der Waals surface area contributed by atoms with Crippen LogP contribution in [0.3, 0.4) is 0 Å². The lowest BCUT2D eigenvalue weighted by Crippen LogP contribution is -2.36. The third-order valence-electron chi connectivity index (χ3n) is 4.43. The van der Waals surface area contributed by atoms with Gasteiger partial charge in [-0.05, 0) is 69.3 Å². The van der Waals surface area contributed by atoms with E-state index in [2.05, 4.69) is 36.9 Å². The van der Waals surface area contributed by atoms with Crippen molar-refractivity contribution in [1.82, 2.24) is 4.90 Å². The second-order valence-corrected chi connectivity index (χ2v) is 5.71. The molecule has 1 unspecified atom stereocenters. The summed E-state index contributed by atoms with van der Waals surface area (Å²) < 4.78 is 0. The molecule has 1 N–H and O–H groups in total. The molecule has 1 aromatic rings. The first-order valence-electron chi connectivity index (χ1n) is 7.03. The van der Waals surface area contributed by atoms with Crippen LogP contribution in [0.15, 0.2) is 18.2 Å². The molecule has 1 aliphatic heterocycles. The number of benzene rings is 1. The Morgan fingerprint density at radius 2 is 1.94 bits per heavy atom. The van der Waals surface area contributed by atoms with Crippen LogP contribution in [0.2, 0.25) is 0 Å². The summed E-state index contributed by atoms with van der Waals surface area (Å²) in [6, 6.07) is 6.57. The van der Waals surface area contributed by atoms with E-state index in [0.29, 0.717) is 5.92 Å². The third kappa shape index (κ3) is 3.12. The van der Waals surface area contributed by atoms with Gasteiger partial charge in [-0.2, -0.15) is 0 Å². The average Bonchev–Trinajstić information content (AvgIpc) is 2.36. The second-order valence-electron chi connectivity index (χ2n) is 5.71. The highest BCUT2D eigenvalue weighted by molar-refractivity contribution is 5.33. The summed E-state index contributed by atoms with van der Waals surface area (Å²) in [5.41, 5.74) is 4.26. The van der Waals surface area contributed by atoms with Gasteiger partial charge in [0.2, 0.25) is 0 Å². The van der Waals surface area contributed by atoms with Crippen molar-refractivity contribution in [2.45, 2.75) is 46.3 Å². The van der Waals surface area contributed by atoms with E-state index in [-0.39, 0.29) is 6.10 Å². The molecule has 1 aliphatic rings. The molecule has 0 aromatic heterocycles. The van der Waals surface area contributed by atoms with Crippen molar-refractivity contribution >= 4 is 0 Å². The van der Waals surface area contributed by atoms with Crippen molar-refractivity contribution in [3.05, 3.63) is 34.9 Å². The van der Waals surface area contributed by atoms with E-state index in [1.165, 1.54) is 16.7 Å². The summed E-state index contributed by atoms with van der Waals surface area (Å²) >= 11 is 0. The standard InChI is InChI=1S/C16H25NO/c1-12-5-4-6-16(13(12)2)11-17-9-7-15(8-10-17)14(3)18/h4-6,14-15,18H,7-11H2,1-3H3. The van der Waals surface area contributed by atoms with E-state index in [1.54, 1.807) is 0 Å². The molecule has 2 rings (SSSR count). The highest BCUT2D eigenvalue weighted by Crippen LogP contribution is 2.23. The van der Waals surface area contributed by atoms with Crippen LogP contribution >= 0.6 is 0 Å². The number of hydrogen-bond acceptors (Lipinski definition) is 2. The Morgan fingerprint density at radius 1 is 1.28 bits per heavy atom. The van der Waals surface area contributed by atoms with Gasteiger partial charge in [0.05, 0.1) is 6.10 Å². The minimum atomic E-state index is -0.146. The Morgan fingerprint density at radius 3 is 2.56 bits per heavy atom. The van der Waals surface area contributed by atoms with Gasteiger partial charge < -0.3 is 5.11 Å². The van der Waals surface area contributed by atoms with Crippen molar-refractivity contribution in [3.63, 3.8) is 0 Å². The minimum Gasteiger partial charge on any atom is -0.393 e. The Bertz CT molecular complexity index is 392. The summed E-state index contributed by atoms with van der Waals surface area (Å²) in [4.78, 5) is 2.51. The third-order valence-corrected chi connectivity index (χ3v) is 4.43. The van der Waals surface area contributed by atoms with Gasteiger partial charge in [0.15, 0.2) is 0 Å². The largest absolute Gasteiger partial charge is 0.393 e. The van der Waals surface area contributed by atoms with Crippen LogP contribution in [0.25, 0.3) is 0 Å². The maximum absolute atomic E-state index is 9.62. The highest BCUT2D eigenvalue weighted by Gasteiger charge is 2.22. The highest BCUT2D eigenvalue weighted by atomic mass is 16.3. The van der Waals surface area contributed by atoms with Gasteiger partial charge in [0.25, 0.3) is 0 Å². The molecule has 0 saturated carbocycles. The van der Waals surface area contributed by atoms with Gasteiger partial charge in [-0.25, -0.2) is 0 Å². The topological polar surface area (TPSA) is 23.5 Å². The zero-order valence-corrected chi connectivity index (χ0v) is 11.8. The van der Waals surface area contributed by atoms with E-state index in [1.807, 2.05) is 6.92 Å². The van der Waals surface area contributed by atoms with Crippen LogP contribution in [0, 0.1) is 19.8 Å². The number of aryl methyl sites for hydroxylation is 1. The summed E-state index contributed by atoms with van der Waals surface area (Å²) in [6.45, 7) is 9.60. The van der Waals surface area contributed by atoms with Crippen LogP contribution in [0.1, 0.15) is 36.5 Å². The molecule has 1 heterocycles. The van der Waals surface area contributed by atoms with Crippen molar-refractivity contribution < 1.29 is 5.11 Å². The molecule has 1 saturated heterocycles. The molecular weight excluding hydrogens is 222 g/mol. The van der Waals surface area contributed by atoms with Crippen molar-refractivity contribution in [2.24, 2.45) is 5.92 Å². The zero-order chi connectivity index (χ0) is 13.1. The van der Waals surface area contributed by atoms with Crippen LogP contribution in [0.4, 0.5) is 0 Å². The maximum Gasteiger partial charge on any atom is 0.0541 e. The summed E-state index contributed by atoms with van der Waals surface area (Å²) in [7, 11) is 0. The first kappa shape index (κ1) is 13.6. The molecule has 1 aromatic carbocycles. The normalized spacial score (nSPS) is 20.0. The zero-order valence-electron chi connectivity index (χ0n) is 11.8. The SMILES string of the molecule is Cc1cccc(CN2CCC(C(C)O)CC2)c1C. The molecule has 100 valence electrons. The number of nitrogens with zero attached hydrogens (tertiary/aromatic N) is 1. The smallest absolute Gasteiger partial charge is 0.0541 e. The van der Waals surface area contributed by atoms with Gasteiger partial charge in [-0.3, -0.25) is 4.90 Å². The van der Waals surface area contributed by atoms with Crippen LogP contribution < -0.4 is 0 Å². The molecule has 0 radical (unpaired) electrons. The number of hydrogen-bond donors (Lipinski definition) is 1. The van der Waals surface area contributed by atoms with Gasteiger partial charge in [-0.15, -0.1) is 0 Å². The predicted octanol–water partition coefficient (Wildman–Crippen LogP) is 2.90. The van der Waals surface area contributed by atoms with E-state index in [9.17, 15) is 5.11 Å². The van der Waals surface area contributed by atoms with Gasteiger partial charge in [-0.1, -0.05) is 18.2 Å². The van der Waals surface area contributed by atoms with Gasteiger partial charge in [0.1, 0.15) is 0 Å². The number of aliphatic hydroxyl groups excluding tert-OH is 1. The van der Waals surface area contributed by atoms with Crippen molar-refractivity contribution in [2.75, 3.05) is 13.1 Å². The van der Waals surface area contributed by atoms with Crippen LogP contribution in [0.5, 0.6) is 0 Å². The molecule has 1 atom stereocenters. The lowest BCUT2D eigenvalue weighted by atomic mass is 9.91. The Labute approximate surface area is 111 Å². The molecule has 0 aliphatic carbocycles. The molecule has 0 amide bonds. The molecule has 18 heavy (non-hydrogen) atoms. The lowest BCUT2D eigenvalue weighted by molar-refractivity contribution is 0.0695. The number of aliphatic hydroxyl groups is 1. The summed E-state index contributed by atoms with van der Waals surface area (Å²) in [5, 5.41) is 9.62. The first-order valence-corrected chi connectivity index (χ1v) is 7.03. The molecule has 0 bridgehead atoms. The fourth-order valence-electron chi connectivity index (χ4n) is 2.82. The van der Waals surface area contributed by atoms with Crippen LogP contribution in [-0.4, -0.2) is 29.2 Å². The molecule has 2 nitrogen and oxygen atoms in total. The number of piperidine rings is 1. The second kappa shape index (κ2) is 5.85. The van der Waals surface area contributed by atoms with Crippen LogP contribution in [-0.2, 0) is 6.54 Å². The summed E-state index contributed by atoms with van der Waals surface area (Å²) in [6.07, 6.45) is 2.11. The molecule has 2 heteroatoms. The average molecular weight is 247 g/mol. The minimum absolute atomic E-state index is 0.146. The van der Waals surface area contributed by atoms with E-state index < -0.39 is 0 Å². The Kier molecular flexibility index (Phi) is 4.41. The van der Waals surface area contributed by atoms with E-state index >= 15 is 0 Å². The fraction of sp³-hybridized carbons (Fsp3) is 0.625. The predicted molar refractivity (Wildman–Crippen MR) is 75.6 cm³/mol. The van der Waals surface area contributed by atoms with Crippen molar-refractivity contribution in [3.8, 4) is 0 Å². The quantitative estimate of drug-likeness (QED) is 0.888. The lowest BCUT2D eigenvalue weighted by Gasteiger charge is -2.33.